The van der Waals surface area contributed by atoms with E-state index in [9.17, 15) is 24.4 Å². The van der Waals surface area contributed by atoms with Gasteiger partial charge in [0.25, 0.3) is 0 Å². The predicted octanol–water partition coefficient (Wildman–Crippen LogP) is 5.58. The van der Waals surface area contributed by atoms with Crippen molar-refractivity contribution in [3.8, 4) is 11.5 Å². The number of nitro benzene ring substituents is 1. The van der Waals surface area contributed by atoms with Crippen LogP contribution in [-0.4, -0.2) is 45.9 Å². The summed E-state index contributed by atoms with van der Waals surface area (Å²) >= 11 is 0. The average molecular weight is 541 g/mol. The normalized spacial score (nSPS) is 13.1. The van der Waals surface area contributed by atoms with Crippen LogP contribution in [0, 0.1) is 22.9 Å². The molecule has 39 heavy (non-hydrogen) atoms. The Morgan fingerprint density at radius 2 is 1.85 bits per heavy atom. The molecule has 0 aliphatic rings. The summed E-state index contributed by atoms with van der Waals surface area (Å²) in [6, 6.07) is 15.4. The molecule has 3 N–H and O–H groups in total. The lowest BCUT2D eigenvalue weighted by Crippen LogP contribution is -2.46. The first-order valence-corrected chi connectivity index (χ1v) is 12.4. The Hall–Kier alpha value is -3.86. The number of nitrogens with zero attached hydrogens (tertiary/aromatic N) is 1. The standard InChI is InChI=1S/C29H33FN2O7/c1-18-9-10-20(13-24(18)30)15-29(3,4)31-16-22(33)17-38-19(2)23-7-5-6-8-26(23)39-27-12-11-21(28(34)35)14-25(27)32(36)37/h5-14,19,22,31,33H,15-17H2,1-4H3,(H,34,35)/t19?,22-/m1/s1. The predicted molar refractivity (Wildman–Crippen MR) is 144 cm³/mol. The number of β-amino-alcohol motifs (C(OH)–C–C–N with tert-alkyl or cyclic N) is 1. The number of nitrogens with one attached hydrogen (secondary N) is 1. The maximum absolute atomic E-state index is 13.9. The van der Waals surface area contributed by atoms with E-state index < -0.39 is 34.3 Å². The number of carboxylic acids is 1. The zero-order valence-electron chi connectivity index (χ0n) is 22.3. The molecule has 0 saturated heterocycles. The fourth-order valence-electron chi connectivity index (χ4n) is 4.02. The monoisotopic (exact) mass is 540 g/mol. The van der Waals surface area contributed by atoms with Crippen molar-refractivity contribution >= 4 is 11.7 Å². The van der Waals surface area contributed by atoms with Gasteiger partial charge < -0.3 is 25.0 Å². The van der Waals surface area contributed by atoms with E-state index in [-0.39, 0.29) is 30.3 Å². The van der Waals surface area contributed by atoms with Crippen molar-refractivity contribution in [2.75, 3.05) is 13.2 Å². The Balaban J connectivity index is 1.60. The lowest BCUT2D eigenvalue weighted by Gasteiger charge is -2.28. The van der Waals surface area contributed by atoms with Crippen molar-refractivity contribution in [1.29, 1.82) is 0 Å². The number of hydrogen-bond acceptors (Lipinski definition) is 7. The van der Waals surface area contributed by atoms with Gasteiger partial charge in [0.2, 0.25) is 5.75 Å². The topological polar surface area (TPSA) is 131 Å². The van der Waals surface area contributed by atoms with Crippen LogP contribution >= 0.6 is 0 Å². The Bertz CT molecular complexity index is 1330. The molecule has 3 aromatic carbocycles. The van der Waals surface area contributed by atoms with Gasteiger partial charge in [-0.3, -0.25) is 10.1 Å². The van der Waals surface area contributed by atoms with Crippen LogP contribution in [0.5, 0.6) is 11.5 Å². The second-order valence-electron chi connectivity index (χ2n) is 10.0. The van der Waals surface area contributed by atoms with E-state index in [1.54, 1.807) is 44.2 Å². The minimum absolute atomic E-state index is 0.00516. The van der Waals surface area contributed by atoms with Crippen LogP contribution in [0.25, 0.3) is 0 Å². The first kappa shape index (κ1) is 29.7. The molecule has 0 bridgehead atoms. The number of halogens is 1. The molecule has 0 aliphatic heterocycles. The molecule has 0 aromatic heterocycles. The quantitative estimate of drug-likeness (QED) is 0.189. The summed E-state index contributed by atoms with van der Waals surface area (Å²) in [4.78, 5) is 22.0. The number of aryl methyl sites for hydroxylation is 1. The van der Waals surface area contributed by atoms with Gasteiger partial charge in [-0.1, -0.05) is 30.3 Å². The maximum atomic E-state index is 13.9. The van der Waals surface area contributed by atoms with Crippen LogP contribution in [0.15, 0.2) is 60.7 Å². The van der Waals surface area contributed by atoms with Gasteiger partial charge in [0.15, 0.2) is 0 Å². The summed E-state index contributed by atoms with van der Waals surface area (Å²) in [6.45, 7) is 7.67. The van der Waals surface area contributed by atoms with Crippen molar-refractivity contribution in [2.45, 2.75) is 51.9 Å². The number of rotatable bonds is 13. The van der Waals surface area contributed by atoms with Crippen molar-refractivity contribution < 1.29 is 33.8 Å². The number of benzene rings is 3. The fourth-order valence-corrected chi connectivity index (χ4v) is 4.02. The lowest BCUT2D eigenvalue weighted by molar-refractivity contribution is -0.385. The smallest absolute Gasteiger partial charge is 0.335 e. The van der Waals surface area contributed by atoms with E-state index in [1.807, 2.05) is 19.9 Å². The molecule has 0 fully saturated rings. The second-order valence-corrected chi connectivity index (χ2v) is 10.0. The van der Waals surface area contributed by atoms with Crippen molar-refractivity contribution in [2.24, 2.45) is 0 Å². The number of aromatic carboxylic acids is 1. The van der Waals surface area contributed by atoms with Crippen LogP contribution < -0.4 is 10.1 Å². The highest BCUT2D eigenvalue weighted by molar-refractivity contribution is 5.89. The lowest BCUT2D eigenvalue weighted by atomic mass is 9.94. The highest BCUT2D eigenvalue weighted by Crippen LogP contribution is 2.36. The molecule has 0 aliphatic carbocycles. The van der Waals surface area contributed by atoms with Crippen LogP contribution in [0.2, 0.25) is 0 Å². The third-order valence-corrected chi connectivity index (χ3v) is 6.22. The van der Waals surface area contributed by atoms with Gasteiger partial charge in [-0.2, -0.15) is 0 Å². The molecule has 2 atom stereocenters. The molecule has 0 amide bonds. The summed E-state index contributed by atoms with van der Waals surface area (Å²) in [6.07, 6.45) is -0.797. The van der Waals surface area contributed by atoms with Gasteiger partial charge in [-0.05, 0) is 69.5 Å². The number of para-hydroxylation sites is 1. The molecule has 10 heteroatoms. The molecule has 9 nitrogen and oxygen atoms in total. The van der Waals surface area contributed by atoms with Crippen LogP contribution in [-0.2, 0) is 11.2 Å². The molecule has 0 spiro atoms. The number of hydrogen-bond donors (Lipinski definition) is 3. The van der Waals surface area contributed by atoms with Gasteiger partial charge in [-0.25, -0.2) is 9.18 Å². The minimum Gasteiger partial charge on any atom is -0.478 e. The largest absolute Gasteiger partial charge is 0.478 e. The molecule has 3 aromatic rings. The third-order valence-electron chi connectivity index (χ3n) is 6.22. The third kappa shape index (κ3) is 8.31. The molecule has 3 rings (SSSR count). The number of aliphatic hydroxyl groups is 1. The van der Waals surface area contributed by atoms with Crippen molar-refractivity contribution in [3.05, 3.63) is 98.8 Å². The fraction of sp³-hybridized carbons (Fsp3) is 0.345. The van der Waals surface area contributed by atoms with Crippen molar-refractivity contribution in [1.82, 2.24) is 5.32 Å². The Labute approximate surface area is 226 Å². The number of ether oxygens (including phenoxy) is 2. The maximum Gasteiger partial charge on any atom is 0.335 e. The Morgan fingerprint density at radius 3 is 2.51 bits per heavy atom. The van der Waals surface area contributed by atoms with E-state index >= 15 is 0 Å². The van der Waals surface area contributed by atoms with Gasteiger partial charge in [0.1, 0.15) is 11.6 Å². The SMILES string of the molecule is Cc1ccc(CC(C)(C)NC[C@@H](O)COC(C)c2ccccc2Oc2ccc(C(=O)O)cc2[N+](=O)[O-])cc1F. The zero-order chi connectivity index (χ0) is 28.7. The Morgan fingerprint density at radius 1 is 1.13 bits per heavy atom. The molecule has 1 unspecified atom stereocenters. The van der Waals surface area contributed by atoms with E-state index in [0.29, 0.717) is 23.3 Å². The second kappa shape index (κ2) is 12.8. The number of aliphatic hydroxyl groups excluding tert-OH is 1. The van der Waals surface area contributed by atoms with Crippen molar-refractivity contribution in [3.63, 3.8) is 0 Å². The first-order chi connectivity index (χ1) is 18.4. The summed E-state index contributed by atoms with van der Waals surface area (Å²) < 4.78 is 25.6. The molecule has 0 radical (unpaired) electrons. The van der Waals surface area contributed by atoms with Gasteiger partial charge in [-0.15, -0.1) is 0 Å². The number of nitro groups is 1. The van der Waals surface area contributed by atoms with Crippen LogP contribution in [0.1, 0.15) is 53.9 Å². The van der Waals surface area contributed by atoms with E-state index in [2.05, 4.69) is 5.32 Å². The summed E-state index contributed by atoms with van der Waals surface area (Å²) in [5.41, 5.74) is 0.930. The molecule has 0 saturated carbocycles. The van der Waals surface area contributed by atoms with Crippen LogP contribution in [0.4, 0.5) is 10.1 Å². The van der Waals surface area contributed by atoms with Gasteiger partial charge in [0, 0.05) is 23.7 Å². The number of carbonyl (C=O) groups is 1. The highest BCUT2D eigenvalue weighted by Gasteiger charge is 2.23. The first-order valence-electron chi connectivity index (χ1n) is 12.4. The zero-order valence-corrected chi connectivity index (χ0v) is 22.3. The molecule has 0 heterocycles. The van der Waals surface area contributed by atoms with E-state index in [1.165, 1.54) is 18.2 Å². The summed E-state index contributed by atoms with van der Waals surface area (Å²) in [5, 5.41) is 34.5. The van der Waals surface area contributed by atoms with E-state index in [4.69, 9.17) is 14.6 Å². The molecule has 208 valence electrons. The highest BCUT2D eigenvalue weighted by atomic mass is 19.1. The van der Waals surface area contributed by atoms with Gasteiger partial charge >= 0.3 is 11.7 Å². The summed E-state index contributed by atoms with van der Waals surface area (Å²) in [7, 11) is 0. The Kier molecular flexibility index (Phi) is 9.74. The van der Waals surface area contributed by atoms with Crippen LogP contribution in [0.3, 0.4) is 0 Å². The number of carboxylic acid groups (broad SMARTS) is 1. The van der Waals surface area contributed by atoms with Gasteiger partial charge in [0.05, 0.1) is 29.3 Å². The minimum atomic E-state index is -1.28. The average Bonchev–Trinajstić information content (AvgIpc) is 2.88. The molecular formula is C29H33FN2O7. The molecular weight excluding hydrogens is 507 g/mol. The van der Waals surface area contributed by atoms with E-state index in [0.717, 1.165) is 11.6 Å². The summed E-state index contributed by atoms with van der Waals surface area (Å²) in [5.74, 6) is -1.34.